The van der Waals surface area contributed by atoms with Gasteiger partial charge in [0.2, 0.25) is 10.1 Å². The Labute approximate surface area is 106 Å². The van der Waals surface area contributed by atoms with E-state index in [0.29, 0.717) is 16.1 Å². The van der Waals surface area contributed by atoms with Gasteiger partial charge in [-0.1, -0.05) is 25.2 Å². The first kappa shape index (κ1) is 13.9. The van der Waals surface area contributed by atoms with E-state index in [2.05, 4.69) is 34.7 Å². The van der Waals surface area contributed by atoms with Gasteiger partial charge in [-0.2, -0.15) is 0 Å². The zero-order chi connectivity index (χ0) is 12.8. The smallest absolute Gasteiger partial charge is 0.282 e. The van der Waals surface area contributed by atoms with Crippen LogP contribution < -0.4 is 10.6 Å². The molecule has 17 heavy (non-hydrogen) atoms. The first-order chi connectivity index (χ1) is 8.02. The van der Waals surface area contributed by atoms with Gasteiger partial charge in [0.25, 0.3) is 5.91 Å². The normalized spacial score (nSPS) is 12.5. The lowest BCUT2D eigenvalue weighted by molar-refractivity contribution is 0.0936. The Hall–Kier alpha value is -1.17. The summed E-state index contributed by atoms with van der Waals surface area (Å²) < 4.78 is 0. The second kappa shape index (κ2) is 6.54. The molecule has 5 nitrogen and oxygen atoms in total. The fraction of sp³-hybridized carbons (Fsp3) is 0.727. The van der Waals surface area contributed by atoms with E-state index in [-0.39, 0.29) is 11.9 Å². The highest BCUT2D eigenvalue weighted by molar-refractivity contribution is 7.17. The molecule has 0 saturated carbocycles. The molecule has 1 amide bonds. The molecule has 1 atom stereocenters. The third-order valence-electron chi connectivity index (χ3n) is 2.39. The monoisotopic (exact) mass is 256 g/mol. The average Bonchev–Trinajstić information content (AvgIpc) is 2.74. The lowest BCUT2D eigenvalue weighted by Crippen LogP contribution is -2.32. The van der Waals surface area contributed by atoms with E-state index >= 15 is 0 Å². The Morgan fingerprint density at radius 1 is 1.29 bits per heavy atom. The summed E-state index contributed by atoms with van der Waals surface area (Å²) >= 11 is 1.26. The van der Waals surface area contributed by atoms with Crippen molar-refractivity contribution in [3.63, 3.8) is 0 Å². The molecule has 0 aliphatic rings. The highest BCUT2D eigenvalue weighted by atomic mass is 32.1. The van der Waals surface area contributed by atoms with E-state index in [1.165, 1.54) is 11.3 Å². The first-order valence-electron chi connectivity index (χ1n) is 5.85. The number of anilines is 1. The fourth-order valence-corrected chi connectivity index (χ4v) is 1.96. The molecule has 96 valence electrons. The second-order valence-corrected chi connectivity index (χ2v) is 5.49. The van der Waals surface area contributed by atoms with Crippen molar-refractivity contribution in [1.29, 1.82) is 0 Å². The highest BCUT2D eigenvalue weighted by Gasteiger charge is 2.14. The number of nitrogens with one attached hydrogen (secondary N) is 2. The van der Waals surface area contributed by atoms with Crippen molar-refractivity contribution < 1.29 is 4.79 Å². The molecule has 0 saturated heterocycles. The standard InChI is InChI=1S/C11H20N4OS/c1-7(2)5-6-8(3)13-9(16)10-14-15-11(12-4)17-10/h7-8H,5-6H2,1-4H3,(H,12,15)(H,13,16). The number of carbonyl (C=O) groups excluding carboxylic acids is 1. The van der Waals surface area contributed by atoms with Crippen molar-refractivity contribution in [3.05, 3.63) is 5.01 Å². The van der Waals surface area contributed by atoms with Gasteiger partial charge < -0.3 is 10.6 Å². The van der Waals surface area contributed by atoms with Gasteiger partial charge in [0, 0.05) is 13.1 Å². The molecule has 0 aliphatic heterocycles. The van der Waals surface area contributed by atoms with Crippen LogP contribution >= 0.6 is 11.3 Å². The van der Waals surface area contributed by atoms with Gasteiger partial charge >= 0.3 is 0 Å². The quantitative estimate of drug-likeness (QED) is 0.818. The van der Waals surface area contributed by atoms with Gasteiger partial charge in [0.05, 0.1) is 0 Å². The van der Waals surface area contributed by atoms with Crippen molar-refractivity contribution in [1.82, 2.24) is 15.5 Å². The Kier molecular flexibility index (Phi) is 5.34. The molecular weight excluding hydrogens is 236 g/mol. The third-order valence-corrected chi connectivity index (χ3v) is 3.33. The SMILES string of the molecule is CNc1nnc(C(=O)NC(C)CCC(C)C)s1. The number of carbonyl (C=O) groups is 1. The summed E-state index contributed by atoms with van der Waals surface area (Å²) in [7, 11) is 1.76. The molecule has 1 aromatic heterocycles. The predicted octanol–water partition coefficient (Wildman–Crippen LogP) is 2.13. The molecule has 6 heteroatoms. The number of nitrogens with zero attached hydrogens (tertiary/aromatic N) is 2. The molecule has 2 N–H and O–H groups in total. The zero-order valence-corrected chi connectivity index (χ0v) is 11.6. The van der Waals surface area contributed by atoms with Crippen LogP contribution in [0.25, 0.3) is 0 Å². The van der Waals surface area contributed by atoms with Crippen LogP contribution in [0.3, 0.4) is 0 Å². The molecule has 0 bridgehead atoms. The molecule has 1 rings (SSSR count). The lowest BCUT2D eigenvalue weighted by Gasteiger charge is -2.13. The fourth-order valence-electron chi connectivity index (χ4n) is 1.36. The molecule has 0 fully saturated rings. The average molecular weight is 256 g/mol. The van der Waals surface area contributed by atoms with E-state index in [9.17, 15) is 4.79 Å². The summed E-state index contributed by atoms with van der Waals surface area (Å²) in [6, 6.07) is 0.173. The topological polar surface area (TPSA) is 66.9 Å². The second-order valence-electron chi connectivity index (χ2n) is 4.51. The molecule has 1 heterocycles. The van der Waals surface area contributed by atoms with Crippen LogP contribution in [0.4, 0.5) is 5.13 Å². The Bertz CT molecular complexity index is 364. The largest absolute Gasteiger partial charge is 0.363 e. The van der Waals surface area contributed by atoms with Crippen LogP contribution in [-0.2, 0) is 0 Å². The molecular formula is C11H20N4OS. The van der Waals surface area contributed by atoms with Crippen molar-refractivity contribution in [2.75, 3.05) is 12.4 Å². The van der Waals surface area contributed by atoms with E-state index in [0.717, 1.165) is 12.8 Å². The third kappa shape index (κ3) is 4.68. The molecule has 0 aliphatic carbocycles. The van der Waals surface area contributed by atoms with E-state index in [4.69, 9.17) is 0 Å². The van der Waals surface area contributed by atoms with Crippen molar-refractivity contribution in [2.45, 2.75) is 39.7 Å². The van der Waals surface area contributed by atoms with Gasteiger partial charge in [0.1, 0.15) is 0 Å². The Morgan fingerprint density at radius 3 is 2.53 bits per heavy atom. The minimum atomic E-state index is -0.139. The van der Waals surface area contributed by atoms with Crippen molar-refractivity contribution in [3.8, 4) is 0 Å². The summed E-state index contributed by atoms with van der Waals surface area (Å²) in [5.41, 5.74) is 0. The van der Waals surface area contributed by atoms with Crippen LogP contribution in [0, 0.1) is 5.92 Å². The van der Waals surface area contributed by atoms with Gasteiger partial charge in [-0.15, -0.1) is 10.2 Å². The van der Waals surface area contributed by atoms with Gasteiger partial charge in [0.15, 0.2) is 0 Å². The summed E-state index contributed by atoms with van der Waals surface area (Å²) in [6.07, 6.45) is 2.10. The minimum absolute atomic E-state index is 0.139. The lowest BCUT2D eigenvalue weighted by atomic mass is 10.0. The predicted molar refractivity (Wildman–Crippen MR) is 70.5 cm³/mol. The van der Waals surface area contributed by atoms with Crippen LogP contribution in [0.1, 0.15) is 43.4 Å². The maximum absolute atomic E-state index is 11.8. The number of hydrogen-bond acceptors (Lipinski definition) is 5. The van der Waals surface area contributed by atoms with Gasteiger partial charge in [-0.3, -0.25) is 4.79 Å². The molecule has 1 unspecified atom stereocenters. The Morgan fingerprint density at radius 2 is 2.00 bits per heavy atom. The highest BCUT2D eigenvalue weighted by Crippen LogP contribution is 2.14. The Balaban J connectivity index is 2.43. The number of aromatic nitrogens is 2. The first-order valence-corrected chi connectivity index (χ1v) is 6.66. The summed E-state index contributed by atoms with van der Waals surface area (Å²) in [5, 5.41) is 14.5. The van der Waals surface area contributed by atoms with E-state index < -0.39 is 0 Å². The summed E-state index contributed by atoms with van der Waals surface area (Å²) in [6.45, 7) is 6.37. The maximum Gasteiger partial charge on any atom is 0.282 e. The molecule has 0 radical (unpaired) electrons. The van der Waals surface area contributed by atoms with Crippen LogP contribution in [0.2, 0.25) is 0 Å². The molecule has 0 spiro atoms. The molecule has 1 aromatic rings. The van der Waals surface area contributed by atoms with Crippen molar-refractivity contribution >= 4 is 22.4 Å². The summed E-state index contributed by atoms with van der Waals surface area (Å²) in [4.78, 5) is 11.8. The maximum atomic E-state index is 11.8. The minimum Gasteiger partial charge on any atom is -0.363 e. The molecule has 0 aromatic carbocycles. The van der Waals surface area contributed by atoms with Crippen LogP contribution in [0.15, 0.2) is 0 Å². The van der Waals surface area contributed by atoms with E-state index in [1.54, 1.807) is 7.05 Å². The van der Waals surface area contributed by atoms with Gasteiger partial charge in [-0.05, 0) is 25.7 Å². The van der Waals surface area contributed by atoms with Gasteiger partial charge in [-0.25, -0.2) is 0 Å². The van der Waals surface area contributed by atoms with Crippen LogP contribution in [-0.4, -0.2) is 29.2 Å². The van der Waals surface area contributed by atoms with E-state index in [1.807, 2.05) is 6.92 Å². The zero-order valence-electron chi connectivity index (χ0n) is 10.8. The number of rotatable bonds is 6. The summed E-state index contributed by atoms with van der Waals surface area (Å²) in [5.74, 6) is 0.520. The number of hydrogen-bond donors (Lipinski definition) is 2. The van der Waals surface area contributed by atoms with Crippen molar-refractivity contribution in [2.24, 2.45) is 5.92 Å². The number of amides is 1. The van der Waals surface area contributed by atoms with Crippen LogP contribution in [0.5, 0.6) is 0 Å².